The number of hydrogen-bond acceptors (Lipinski definition) is 7. The number of ether oxygens (including phenoxy) is 2. The number of amides is 1. The Hall–Kier alpha value is -1.38. The highest BCUT2D eigenvalue weighted by atomic mass is 16.7. The van der Waals surface area contributed by atoms with Crippen LogP contribution in [0.2, 0.25) is 0 Å². The number of nitrogens with two attached hydrogens (primary N) is 1. The third kappa shape index (κ3) is 9.69. The maximum atomic E-state index is 11.9. The molecule has 0 aromatic heterocycles. The summed E-state index contributed by atoms with van der Waals surface area (Å²) in [7, 11) is 0. The third-order valence-electron chi connectivity index (χ3n) is 3.86. The van der Waals surface area contributed by atoms with Gasteiger partial charge in [0, 0.05) is 46.2 Å². The van der Waals surface area contributed by atoms with Crippen LogP contribution in [0.3, 0.4) is 0 Å². The highest BCUT2D eigenvalue weighted by Gasteiger charge is 2.24. The van der Waals surface area contributed by atoms with Gasteiger partial charge in [-0.05, 0) is 12.8 Å². The predicted molar refractivity (Wildman–Crippen MR) is 91.4 cm³/mol. The molecule has 24 heavy (non-hydrogen) atoms. The molecule has 0 spiro atoms. The molecule has 1 unspecified atom stereocenters. The molecule has 0 saturated heterocycles. The summed E-state index contributed by atoms with van der Waals surface area (Å²) in [5.41, 5.74) is 5.36. The first-order valence-corrected chi connectivity index (χ1v) is 8.90. The van der Waals surface area contributed by atoms with Gasteiger partial charge in [-0.2, -0.15) is 0 Å². The second kappa shape index (κ2) is 13.0. The molecule has 0 bridgehead atoms. The summed E-state index contributed by atoms with van der Waals surface area (Å²) >= 11 is 0. The minimum Gasteiger partial charge on any atom is -0.425 e. The zero-order valence-corrected chi connectivity index (χ0v) is 14.6. The first kappa shape index (κ1) is 20.7. The van der Waals surface area contributed by atoms with Crippen molar-refractivity contribution in [3.8, 4) is 0 Å². The third-order valence-corrected chi connectivity index (χ3v) is 3.86. The summed E-state index contributed by atoms with van der Waals surface area (Å²) < 4.78 is 10.2. The van der Waals surface area contributed by atoms with E-state index in [1.807, 2.05) is 0 Å². The molecule has 140 valence electrons. The average molecular weight is 344 g/mol. The van der Waals surface area contributed by atoms with Crippen molar-refractivity contribution in [2.24, 2.45) is 11.7 Å². The van der Waals surface area contributed by atoms with Crippen molar-refractivity contribution >= 4 is 12.1 Å². The van der Waals surface area contributed by atoms with Gasteiger partial charge in [0.25, 0.3) is 0 Å². The van der Waals surface area contributed by atoms with Crippen molar-refractivity contribution in [3.63, 3.8) is 0 Å². The van der Waals surface area contributed by atoms with Crippen molar-refractivity contribution in [3.05, 3.63) is 0 Å². The predicted octanol–water partition coefficient (Wildman–Crippen LogP) is 0.320. The summed E-state index contributed by atoms with van der Waals surface area (Å²) in [4.78, 5) is 23.5. The Labute approximate surface area is 144 Å². The van der Waals surface area contributed by atoms with Crippen LogP contribution in [0.25, 0.3) is 0 Å². The van der Waals surface area contributed by atoms with E-state index in [4.69, 9.17) is 15.2 Å². The van der Waals surface area contributed by atoms with Gasteiger partial charge in [-0.3, -0.25) is 4.79 Å². The molecule has 0 aromatic carbocycles. The Kier molecular flexibility index (Phi) is 11.2. The number of carbonyl (C=O) groups excluding carboxylic acids is 2. The molecule has 1 rings (SSSR count). The average Bonchev–Trinajstić information content (AvgIpc) is 2.58. The lowest BCUT2D eigenvalue weighted by Gasteiger charge is -2.22. The molecule has 8 nitrogen and oxygen atoms in total. The van der Waals surface area contributed by atoms with E-state index in [1.165, 1.54) is 6.42 Å². The van der Waals surface area contributed by atoms with Gasteiger partial charge in [0.15, 0.2) is 0 Å². The molecule has 0 aromatic rings. The van der Waals surface area contributed by atoms with E-state index in [2.05, 4.69) is 16.0 Å². The van der Waals surface area contributed by atoms with Gasteiger partial charge in [-0.15, -0.1) is 0 Å². The summed E-state index contributed by atoms with van der Waals surface area (Å²) in [6.07, 6.45) is 3.58. The molecule has 1 atom stereocenters. The van der Waals surface area contributed by atoms with Crippen molar-refractivity contribution in [1.29, 1.82) is 0 Å². The van der Waals surface area contributed by atoms with E-state index < -0.39 is 12.4 Å². The van der Waals surface area contributed by atoms with Crippen LogP contribution in [0, 0.1) is 5.92 Å². The van der Waals surface area contributed by atoms with Gasteiger partial charge in [0.05, 0.1) is 5.92 Å². The van der Waals surface area contributed by atoms with Crippen LogP contribution in [0.5, 0.6) is 0 Å². The minimum absolute atomic E-state index is 0.0510. The fourth-order valence-corrected chi connectivity index (χ4v) is 2.60. The molecule has 1 aliphatic rings. The Balaban J connectivity index is 2.02. The summed E-state index contributed by atoms with van der Waals surface area (Å²) in [5.74, 6) is -0.313. The second-order valence-corrected chi connectivity index (χ2v) is 5.96. The fraction of sp³-hybridized carbons (Fsp3) is 0.875. The largest absolute Gasteiger partial charge is 0.425 e. The number of nitrogens with one attached hydrogen (secondary N) is 3. The first-order valence-electron chi connectivity index (χ1n) is 8.90. The van der Waals surface area contributed by atoms with Crippen molar-refractivity contribution in [1.82, 2.24) is 16.0 Å². The Morgan fingerprint density at radius 3 is 2.29 bits per heavy atom. The molecule has 8 heteroatoms. The maximum absolute atomic E-state index is 11.9. The smallest absolute Gasteiger partial charge is 0.410 e. The first-order chi connectivity index (χ1) is 11.6. The van der Waals surface area contributed by atoms with Gasteiger partial charge < -0.3 is 31.2 Å². The quantitative estimate of drug-likeness (QED) is 0.242. The van der Waals surface area contributed by atoms with Crippen LogP contribution in [-0.2, 0) is 14.3 Å². The van der Waals surface area contributed by atoms with Crippen LogP contribution < -0.4 is 21.7 Å². The van der Waals surface area contributed by atoms with Crippen molar-refractivity contribution in [2.75, 3.05) is 39.3 Å². The van der Waals surface area contributed by atoms with Crippen LogP contribution in [-0.4, -0.2) is 57.6 Å². The number of alkyl carbamates (subject to hydrolysis) is 1. The van der Waals surface area contributed by atoms with Crippen molar-refractivity contribution in [2.45, 2.75) is 45.3 Å². The molecular weight excluding hydrogens is 312 g/mol. The summed E-state index contributed by atoms with van der Waals surface area (Å²) in [6, 6.07) is 0. The highest BCUT2D eigenvalue weighted by molar-refractivity contribution is 5.73. The van der Waals surface area contributed by atoms with Crippen molar-refractivity contribution < 1.29 is 19.1 Å². The molecule has 0 aliphatic heterocycles. The zero-order chi connectivity index (χ0) is 17.6. The fourth-order valence-electron chi connectivity index (χ4n) is 2.60. The molecule has 5 N–H and O–H groups in total. The van der Waals surface area contributed by atoms with Gasteiger partial charge in [-0.1, -0.05) is 19.3 Å². The van der Waals surface area contributed by atoms with Gasteiger partial charge in [0.2, 0.25) is 6.29 Å². The molecule has 0 heterocycles. The SMILES string of the molecule is CC(OC(=O)NCCNCCNCCN)OC(=O)C1CCCCC1. The Morgan fingerprint density at radius 2 is 1.62 bits per heavy atom. The molecule has 1 aliphatic carbocycles. The lowest BCUT2D eigenvalue weighted by atomic mass is 9.89. The Morgan fingerprint density at radius 1 is 1.00 bits per heavy atom. The van der Waals surface area contributed by atoms with Gasteiger partial charge in [-0.25, -0.2) is 4.79 Å². The number of hydrogen-bond donors (Lipinski definition) is 4. The molecular formula is C16H32N4O4. The summed E-state index contributed by atoms with van der Waals surface area (Å²) in [5, 5.41) is 8.94. The van der Waals surface area contributed by atoms with Gasteiger partial charge in [0.1, 0.15) is 0 Å². The van der Waals surface area contributed by atoms with Crippen LogP contribution in [0.1, 0.15) is 39.0 Å². The van der Waals surface area contributed by atoms with E-state index in [9.17, 15) is 9.59 Å². The second-order valence-electron chi connectivity index (χ2n) is 5.96. The Bertz CT molecular complexity index is 362. The highest BCUT2D eigenvalue weighted by Crippen LogP contribution is 2.25. The standard InChI is InChI=1S/C16H32N4O4/c1-13(23-15(21)14-5-3-2-4-6-14)24-16(22)20-12-11-19-10-9-18-8-7-17/h13-14,18-19H,2-12,17H2,1H3,(H,20,22). The monoisotopic (exact) mass is 344 g/mol. The molecule has 1 saturated carbocycles. The number of carbonyl (C=O) groups is 2. The topological polar surface area (TPSA) is 115 Å². The normalized spacial score (nSPS) is 16.4. The molecule has 1 fully saturated rings. The lowest BCUT2D eigenvalue weighted by molar-refractivity contribution is -0.170. The molecule has 1 amide bonds. The van der Waals surface area contributed by atoms with Crippen LogP contribution in [0.15, 0.2) is 0 Å². The van der Waals surface area contributed by atoms with E-state index in [0.717, 1.165) is 45.3 Å². The van der Waals surface area contributed by atoms with E-state index in [-0.39, 0.29) is 11.9 Å². The number of esters is 1. The van der Waals surface area contributed by atoms with E-state index in [1.54, 1.807) is 6.92 Å². The van der Waals surface area contributed by atoms with E-state index >= 15 is 0 Å². The molecule has 0 radical (unpaired) electrons. The van der Waals surface area contributed by atoms with E-state index in [0.29, 0.717) is 19.6 Å². The summed E-state index contributed by atoms with van der Waals surface area (Å²) in [6.45, 7) is 5.68. The minimum atomic E-state index is -0.868. The lowest BCUT2D eigenvalue weighted by Crippen LogP contribution is -2.37. The number of rotatable bonds is 11. The maximum Gasteiger partial charge on any atom is 0.410 e. The van der Waals surface area contributed by atoms with Crippen LogP contribution >= 0.6 is 0 Å². The zero-order valence-electron chi connectivity index (χ0n) is 14.6. The van der Waals surface area contributed by atoms with Gasteiger partial charge >= 0.3 is 12.1 Å². The van der Waals surface area contributed by atoms with Crippen LogP contribution in [0.4, 0.5) is 4.79 Å².